The maximum Gasteiger partial charge on any atom is 0.316 e. The molecule has 2 fully saturated rings. The SMILES string of the molecule is CCOC(=O)[C@]12COCC[C@H]1CN(C(=O)c1nc(Cl)n(C)n1)C2. The van der Waals surface area contributed by atoms with Crippen LogP contribution in [0.25, 0.3) is 0 Å². The number of aromatic nitrogens is 3. The molecule has 126 valence electrons. The highest BCUT2D eigenvalue weighted by Crippen LogP contribution is 2.42. The van der Waals surface area contributed by atoms with Gasteiger partial charge in [0.25, 0.3) is 5.91 Å². The fourth-order valence-corrected chi connectivity index (χ4v) is 3.42. The zero-order valence-electron chi connectivity index (χ0n) is 13.1. The average molecular weight is 343 g/mol. The van der Waals surface area contributed by atoms with Gasteiger partial charge in [-0.3, -0.25) is 9.59 Å². The third-order valence-corrected chi connectivity index (χ3v) is 4.87. The summed E-state index contributed by atoms with van der Waals surface area (Å²) in [5, 5.41) is 4.16. The maximum absolute atomic E-state index is 12.6. The van der Waals surface area contributed by atoms with Crippen LogP contribution in [0, 0.1) is 11.3 Å². The number of likely N-dealkylation sites (tertiary alicyclic amines) is 1. The van der Waals surface area contributed by atoms with E-state index in [9.17, 15) is 9.59 Å². The molecule has 0 N–H and O–H groups in total. The minimum atomic E-state index is -0.789. The van der Waals surface area contributed by atoms with E-state index in [0.717, 1.165) is 6.42 Å². The molecule has 2 saturated heterocycles. The van der Waals surface area contributed by atoms with Gasteiger partial charge in [-0.1, -0.05) is 0 Å². The fraction of sp³-hybridized carbons (Fsp3) is 0.714. The van der Waals surface area contributed by atoms with E-state index in [1.54, 1.807) is 18.9 Å². The topological polar surface area (TPSA) is 86.5 Å². The molecule has 0 unspecified atom stereocenters. The number of hydrogen-bond donors (Lipinski definition) is 0. The lowest BCUT2D eigenvalue weighted by molar-refractivity contribution is -0.166. The fourth-order valence-electron chi connectivity index (χ4n) is 3.30. The van der Waals surface area contributed by atoms with Gasteiger partial charge in [-0.05, 0) is 30.9 Å². The molecule has 0 bridgehead atoms. The highest BCUT2D eigenvalue weighted by atomic mass is 35.5. The van der Waals surface area contributed by atoms with Gasteiger partial charge in [0.2, 0.25) is 11.1 Å². The second-order valence-corrected chi connectivity index (χ2v) is 6.27. The lowest BCUT2D eigenvalue weighted by Gasteiger charge is -2.35. The minimum Gasteiger partial charge on any atom is -0.465 e. The summed E-state index contributed by atoms with van der Waals surface area (Å²) in [5.74, 6) is -0.563. The first-order valence-corrected chi connectivity index (χ1v) is 7.96. The molecule has 8 nitrogen and oxygen atoms in total. The second-order valence-electron chi connectivity index (χ2n) is 5.93. The third kappa shape index (κ3) is 2.70. The zero-order valence-corrected chi connectivity index (χ0v) is 13.9. The second kappa shape index (κ2) is 6.09. The van der Waals surface area contributed by atoms with Crippen molar-refractivity contribution in [3.05, 3.63) is 11.1 Å². The Morgan fingerprint density at radius 1 is 1.52 bits per heavy atom. The normalized spacial score (nSPS) is 26.9. The molecule has 3 rings (SSSR count). The summed E-state index contributed by atoms with van der Waals surface area (Å²) in [6.45, 7) is 3.66. The van der Waals surface area contributed by atoms with Crippen LogP contribution in [-0.4, -0.2) is 64.5 Å². The number of nitrogens with zero attached hydrogens (tertiary/aromatic N) is 4. The van der Waals surface area contributed by atoms with Crippen LogP contribution in [0.2, 0.25) is 5.28 Å². The van der Waals surface area contributed by atoms with Crippen molar-refractivity contribution in [2.75, 3.05) is 32.9 Å². The van der Waals surface area contributed by atoms with Gasteiger partial charge in [0.05, 0.1) is 13.2 Å². The Balaban J connectivity index is 1.83. The molecular weight excluding hydrogens is 324 g/mol. The molecule has 0 radical (unpaired) electrons. The Bertz CT molecular complexity index is 615. The van der Waals surface area contributed by atoms with Gasteiger partial charge in [-0.15, -0.1) is 5.10 Å². The molecule has 2 aliphatic heterocycles. The predicted octanol–water partition coefficient (Wildman–Crippen LogP) is 0.510. The summed E-state index contributed by atoms with van der Waals surface area (Å²) < 4.78 is 12.1. The van der Waals surface area contributed by atoms with Crippen LogP contribution < -0.4 is 0 Å². The predicted molar refractivity (Wildman–Crippen MR) is 79.9 cm³/mol. The number of carbonyl (C=O) groups excluding carboxylic acids is 2. The van der Waals surface area contributed by atoms with Gasteiger partial charge in [-0.25, -0.2) is 4.68 Å². The van der Waals surface area contributed by atoms with Gasteiger partial charge < -0.3 is 14.4 Å². The van der Waals surface area contributed by atoms with Crippen LogP contribution in [-0.2, 0) is 21.3 Å². The number of fused-ring (bicyclic) bond motifs is 1. The van der Waals surface area contributed by atoms with Crippen molar-refractivity contribution < 1.29 is 19.1 Å². The maximum atomic E-state index is 12.6. The molecule has 1 aromatic rings. The van der Waals surface area contributed by atoms with E-state index in [1.165, 1.54) is 4.68 Å². The number of hydrogen-bond acceptors (Lipinski definition) is 6. The first-order valence-electron chi connectivity index (χ1n) is 7.58. The van der Waals surface area contributed by atoms with Crippen molar-refractivity contribution in [1.29, 1.82) is 0 Å². The molecule has 1 amide bonds. The van der Waals surface area contributed by atoms with E-state index in [1.807, 2.05) is 0 Å². The molecule has 3 heterocycles. The van der Waals surface area contributed by atoms with Gasteiger partial charge in [-0.2, -0.15) is 4.98 Å². The van der Waals surface area contributed by atoms with Crippen molar-refractivity contribution in [3.8, 4) is 0 Å². The third-order valence-electron chi connectivity index (χ3n) is 4.54. The van der Waals surface area contributed by atoms with Gasteiger partial charge in [0.15, 0.2) is 0 Å². The number of halogens is 1. The van der Waals surface area contributed by atoms with Crippen molar-refractivity contribution >= 4 is 23.5 Å². The van der Waals surface area contributed by atoms with Crippen LogP contribution in [0.3, 0.4) is 0 Å². The summed E-state index contributed by atoms with van der Waals surface area (Å²) in [6, 6.07) is 0. The number of amides is 1. The molecule has 1 aromatic heterocycles. The van der Waals surface area contributed by atoms with Crippen LogP contribution in [0.1, 0.15) is 24.0 Å². The Morgan fingerprint density at radius 3 is 2.96 bits per heavy atom. The summed E-state index contributed by atoms with van der Waals surface area (Å²) >= 11 is 5.85. The largest absolute Gasteiger partial charge is 0.465 e. The van der Waals surface area contributed by atoms with Crippen LogP contribution in [0.5, 0.6) is 0 Å². The number of esters is 1. The van der Waals surface area contributed by atoms with Gasteiger partial charge in [0.1, 0.15) is 5.41 Å². The summed E-state index contributed by atoms with van der Waals surface area (Å²) in [4.78, 5) is 30.6. The Labute approximate surface area is 138 Å². The molecule has 23 heavy (non-hydrogen) atoms. The summed E-state index contributed by atoms with van der Waals surface area (Å²) in [5.41, 5.74) is -0.789. The highest BCUT2D eigenvalue weighted by molar-refractivity contribution is 6.28. The van der Waals surface area contributed by atoms with Crippen molar-refractivity contribution in [3.63, 3.8) is 0 Å². The van der Waals surface area contributed by atoms with E-state index in [2.05, 4.69) is 10.1 Å². The van der Waals surface area contributed by atoms with E-state index >= 15 is 0 Å². The monoisotopic (exact) mass is 342 g/mol. The molecule has 2 aliphatic rings. The summed E-state index contributed by atoms with van der Waals surface area (Å²) in [7, 11) is 1.61. The van der Waals surface area contributed by atoms with Crippen LogP contribution in [0.15, 0.2) is 0 Å². The van der Waals surface area contributed by atoms with Crippen LogP contribution >= 0.6 is 11.6 Å². The van der Waals surface area contributed by atoms with Crippen molar-refractivity contribution in [2.24, 2.45) is 18.4 Å². The number of rotatable bonds is 3. The van der Waals surface area contributed by atoms with Gasteiger partial charge >= 0.3 is 5.97 Å². The Morgan fingerprint density at radius 2 is 2.30 bits per heavy atom. The molecule has 2 atom stereocenters. The van der Waals surface area contributed by atoms with Crippen molar-refractivity contribution in [1.82, 2.24) is 19.7 Å². The molecule has 0 spiro atoms. The number of aryl methyl sites for hydroxylation is 1. The standard InChI is InChI=1S/C14H19ClN4O4/c1-3-23-12(21)14-7-19(6-9(14)4-5-22-8-14)11(20)10-16-13(15)18(2)17-10/h9H,3-8H2,1-2H3/t9-,14+/m0/s1. The molecule has 9 heteroatoms. The molecule has 0 aliphatic carbocycles. The van der Waals surface area contributed by atoms with Crippen molar-refractivity contribution in [2.45, 2.75) is 13.3 Å². The lowest BCUT2D eigenvalue weighted by Crippen LogP contribution is -2.47. The first-order chi connectivity index (χ1) is 11.0. The zero-order chi connectivity index (χ0) is 16.6. The van der Waals surface area contributed by atoms with E-state index in [4.69, 9.17) is 21.1 Å². The first kappa shape index (κ1) is 16.2. The smallest absolute Gasteiger partial charge is 0.316 e. The van der Waals surface area contributed by atoms with E-state index in [0.29, 0.717) is 19.8 Å². The molecule has 0 saturated carbocycles. The molecule has 0 aromatic carbocycles. The summed E-state index contributed by atoms with van der Waals surface area (Å²) in [6.07, 6.45) is 0.721. The Kier molecular flexibility index (Phi) is 4.29. The van der Waals surface area contributed by atoms with Gasteiger partial charge in [0, 0.05) is 26.7 Å². The quantitative estimate of drug-likeness (QED) is 0.744. The van der Waals surface area contributed by atoms with Crippen LogP contribution in [0.4, 0.5) is 0 Å². The number of ether oxygens (including phenoxy) is 2. The minimum absolute atomic E-state index is 0.0263. The Hall–Kier alpha value is -1.67. The van der Waals surface area contributed by atoms with E-state index < -0.39 is 5.41 Å². The lowest BCUT2D eigenvalue weighted by atomic mass is 9.75. The molecular formula is C14H19ClN4O4. The highest BCUT2D eigenvalue weighted by Gasteiger charge is 2.56. The number of carbonyl (C=O) groups is 2. The van der Waals surface area contributed by atoms with E-state index in [-0.39, 0.29) is 42.1 Å². The average Bonchev–Trinajstić information content (AvgIpc) is 3.08.